The minimum absolute atomic E-state index is 0.0807. The number of carbonyl (C=O) groups is 1. The van der Waals surface area contributed by atoms with Crippen LogP contribution < -0.4 is 9.47 Å². The summed E-state index contributed by atoms with van der Waals surface area (Å²) in [6.07, 6.45) is 8.06. The van der Waals surface area contributed by atoms with E-state index in [1.54, 1.807) is 12.1 Å². The van der Waals surface area contributed by atoms with Gasteiger partial charge in [-0.3, -0.25) is 0 Å². The molecule has 0 amide bonds. The lowest BCUT2D eigenvalue weighted by Crippen LogP contribution is -2.16. The Morgan fingerprint density at radius 1 is 0.703 bits per heavy atom. The molecule has 2 unspecified atom stereocenters. The van der Waals surface area contributed by atoms with Gasteiger partial charge in [0.2, 0.25) is 0 Å². The first kappa shape index (κ1) is 28.5. The first-order valence-electron chi connectivity index (χ1n) is 13.8. The van der Waals surface area contributed by atoms with Crippen molar-refractivity contribution in [1.82, 2.24) is 0 Å². The average molecular weight is 503 g/mol. The summed E-state index contributed by atoms with van der Waals surface area (Å²) >= 11 is 0. The van der Waals surface area contributed by atoms with Gasteiger partial charge in [-0.25, -0.2) is 4.79 Å². The number of ether oxygens (including phenoxy) is 3. The highest BCUT2D eigenvalue weighted by molar-refractivity contribution is 5.91. The van der Waals surface area contributed by atoms with Crippen molar-refractivity contribution in [2.24, 2.45) is 0 Å². The Morgan fingerprint density at radius 3 is 1.89 bits per heavy atom. The Kier molecular flexibility index (Phi) is 11.7. The van der Waals surface area contributed by atoms with Gasteiger partial charge in [0, 0.05) is 6.61 Å². The van der Waals surface area contributed by atoms with E-state index < -0.39 is 0 Å². The summed E-state index contributed by atoms with van der Waals surface area (Å²) in [5.74, 6) is 0.944. The van der Waals surface area contributed by atoms with Crippen LogP contribution >= 0.6 is 0 Å². The van der Waals surface area contributed by atoms with Gasteiger partial charge >= 0.3 is 5.97 Å². The van der Waals surface area contributed by atoms with E-state index in [9.17, 15) is 4.79 Å². The molecule has 0 saturated carbocycles. The maximum absolute atomic E-state index is 12.7. The third-order valence-corrected chi connectivity index (χ3v) is 6.53. The van der Waals surface area contributed by atoms with Crippen LogP contribution in [0, 0.1) is 0 Å². The van der Waals surface area contributed by atoms with E-state index >= 15 is 0 Å². The molecule has 0 N–H and O–H groups in total. The monoisotopic (exact) mass is 502 g/mol. The third kappa shape index (κ3) is 9.05. The van der Waals surface area contributed by atoms with Gasteiger partial charge in [-0.15, -0.1) is 0 Å². The molecule has 4 heteroatoms. The van der Waals surface area contributed by atoms with Crippen LogP contribution in [0.25, 0.3) is 11.1 Å². The second kappa shape index (κ2) is 15.2. The molecule has 0 aliphatic rings. The zero-order chi connectivity index (χ0) is 26.5. The summed E-state index contributed by atoms with van der Waals surface area (Å²) in [5.41, 5.74) is 3.83. The topological polar surface area (TPSA) is 44.8 Å². The van der Waals surface area contributed by atoms with Gasteiger partial charge in [0.15, 0.2) is 0 Å². The quantitative estimate of drug-likeness (QED) is 0.118. The lowest BCUT2D eigenvalue weighted by molar-refractivity contribution is 0.0637. The number of hydrogen-bond donors (Lipinski definition) is 0. The second-order valence-corrected chi connectivity index (χ2v) is 9.60. The molecule has 0 aliphatic heterocycles. The van der Waals surface area contributed by atoms with Crippen LogP contribution in [0.3, 0.4) is 0 Å². The first-order valence-corrected chi connectivity index (χ1v) is 13.8. The summed E-state index contributed by atoms with van der Waals surface area (Å²) in [5, 5.41) is 0. The molecule has 0 fully saturated rings. The highest BCUT2D eigenvalue weighted by Crippen LogP contribution is 2.25. The molecule has 0 bridgehead atoms. The van der Waals surface area contributed by atoms with Crippen LogP contribution in [0.4, 0.5) is 0 Å². The molecule has 0 saturated heterocycles. The van der Waals surface area contributed by atoms with Crippen LogP contribution in [0.1, 0.15) is 94.7 Å². The molecule has 4 nitrogen and oxygen atoms in total. The van der Waals surface area contributed by atoms with E-state index in [4.69, 9.17) is 14.2 Å². The normalized spacial score (nSPS) is 12.6. The van der Waals surface area contributed by atoms with Gasteiger partial charge in [0.25, 0.3) is 0 Å². The van der Waals surface area contributed by atoms with Gasteiger partial charge in [0.1, 0.15) is 11.5 Å². The summed E-state index contributed by atoms with van der Waals surface area (Å²) in [6, 6.07) is 23.3. The van der Waals surface area contributed by atoms with Crippen molar-refractivity contribution in [2.75, 3.05) is 6.61 Å². The highest BCUT2D eigenvalue weighted by Gasteiger charge is 2.12. The van der Waals surface area contributed by atoms with Gasteiger partial charge < -0.3 is 14.2 Å². The Balaban J connectivity index is 1.55. The lowest BCUT2D eigenvalue weighted by Gasteiger charge is -2.18. The average Bonchev–Trinajstić information content (AvgIpc) is 2.93. The molecule has 3 rings (SSSR count). The van der Waals surface area contributed by atoms with E-state index in [2.05, 4.69) is 52.0 Å². The maximum atomic E-state index is 12.7. The first-order chi connectivity index (χ1) is 18.0. The Labute approximate surface area is 223 Å². The van der Waals surface area contributed by atoms with Crippen LogP contribution in [-0.4, -0.2) is 18.7 Å². The third-order valence-electron chi connectivity index (χ3n) is 6.53. The molecule has 3 aromatic carbocycles. The molecule has 198 valence electrons. The minimum atomic E-state index is -0.375. The van der Waals surface area contributed by atoms with Gasteiger partial charge in [-0.05, 0) is 79.3 Å². The van der Waals surface area contributed by atoms with E-state index in [1.165, 1.54) is 12.0 Å². The molecule has 0 spiro atoms. The molecule has 0 heterocycles. The predicted octanol–water partition coefficient (Wildman–Crippen LogP) is 9.19. The van der Waals surface area contributed by atoms with Crippen molar-refractivity contribution >= 4 is 5.97 Å². The van der Waals surface area contributed by atoms with Crippen LogP contribution in [-0.2, 0) is 4.74 Å². The van der Waals surface area contributed by atoms with Crippen LogP contribution in [0.15, 0.2) is 72.8 Å². The minimum Gasteiger partial charge on any atom is -0.490 e. The lowest BCUT2D eigenvalue weighted by atomic mass is 10.0. The largest absolute Gasteiger partial charge is 0.490 e. The van der Waals surface area contributed by atoms with Gasteiger partial charge in [0.05, 0.1) is 17.8 Å². The summed E-state index contributed by atoms with van der Waals surface area (Å²) in [7, 11) is 0. The zero-order valence-corrected chi connectivity index (χ0v) is 22.9. The number of carbonyl (C=O) groups excluding carboxylic acids is 1. The molecule has 0 radical (unpaired) electrons. The standard InChI is InChI=1S/C33H42O4/c1-5-8-11-30(10-7-3)36-31-20-22-32(23-21-31)37-33(34)29-18-16-28(17-19-29)27-14-12-26(13-15-27)25(4)35-24-9-6-2/h12-23,25,30H,5-11,24H2,1-4H3. The number of rotatable bonds is 15. The van der Waals surface area contributed by atoms with E-state index in [1.807, 2.05) is 36.4 Å². The maximum Gasteiger partial charge on any atom is 0.343 e. The van der Waals surface area contributed by atoms with Crippen LogP contribution in [0.5, 0.6) is 11.5 Å². The van der Waals surface area contributed by atoms with E-state index in [-0.39, 0.29) is 18.2 Å². The molecule has 3 aromatic rings. The van der Waals surface area contributed by atoms with Gasteiger partial charge in [-0.2, -0.15) is 0 Å². The Morgan fingerprint density at radius 2 is 1.30 bits per heavy atom. The number of unbranched alkanes of at least 4 members (excludes halogenated alkanes) is 2. The highest BCUT2D eigenvalue weighted by atomic mass is 16.5. The molecule has 2 atom stereocenters. The van der Waals surface area contributed by atoms with Gasteiger partial charge in [-0.1, -0.05) is 82.9 Å². The van der Waals surface area contributed by atoms with Crippen LogP contribution in [0.2, 0.25) is 0 Å². The van der Waals surface area contributed by atoms with Crippen molar-refractivity contribution in [3.63, 3.8) is 0 Å². The number of hydrogen-bond acceptors (Lipinski definition) is 4. The zero-order valence-electron chi connectivity index (χ0n) is 22.9. The molecule has 0 aromatic heterocycles. The molecule has 0 aliphatic carbocycles. The van der Waals surface area contributed by atoms with Crippen molar-refractivity contribution in [3.8, 4) is 22.6 Å². The number of esters is 1. The second-order valence-electron chi connectivity index (χ2n) is 9.60. The Bertz CT molecular complexity index is 1050. The predicted molar refractivity (Wildman–Crippen MR) is 151 cm³/mol. The van der Waals surface area contributed by atoms with E-state index in [0.29, 0.717) is 11.3 Å². The summed E-state index contributed by atoms with van der Waals surface area (Å²) in [4.78, 5) is 12.7. The molecular formula is C33H42O4. The van der Waals surface area contributed by atoms with Crippen molar-refractivity contribution < 1.29 is 19.0 Å². The summed E-state index contributed by atoms with van der Waals surface area (Å²) < 4.78 is 17.6. The Hall–Kier alpha value is -3.11. The number of benzene rings is 3. The van der Waals surface area contributed by atoms with Crippen molar-refractivity contribution in [1.29, 1.82) is 0 Å². The molecular weight excluding hydrogens is 460 g/mol. The summed E-state index contributed by atoms with van der Waals surface area (Å²) in [6.45, 7) is 9.41. The van der Waals surface area contributed by atoms with Crippen molar-refractivity contribution in [3.05, 3.63) is 83.9 Å². The van der Waals surface area contributed by atoms with Crippen molar-refractivity contribution in [2.45, 2.75) is 84.8 Å². The fraction of sp³-hybridized carbons (Fsp3) is 0.424. The fourth-order valence-electron chi connectivity index (χ4n) is 4.21. The molecule has 37 heavy (non-hydrogen) atoms. The fourth-order valence-corrected chi connectivity index (χ4v) is 4.21. The van der Waals surface area contributed by atoms with E-state index in [0.717, 1.165) is 62.0 Å². The SMILES string of the molecule is CCCCOC(C)c1ccc(-c2ccc(C(=O)Oc3ccc(OC(CCC)CCCC)cc3)cc2)cc1. The smallest absolute Gasteiger partial charge is 0.343 e.